The van der Waals surface area contributed by atoms with Crippen LogP contribution in [0, 0.1) is 18.6 Å². The van der Waals surface area contributed by atoms with Crippen molar-refractivity contribution < 1.29 is 22.0 Å². The molecule has 0 atom stereocenters. The molecule has 1 amide bonds. The van der Waals surface area contributed by atoms with Crippen molar-refractivity contribution >= 4 is 26.8 Å². The SMILES string of the molecule is Cc1ccc(S(=O)(=O)c2nc3cc(C(=O)N4CCN(C)CC4)ccc3nc2-c2ccc(F)cc2)cc1F. The van der Waals surface area contributed by atoms with Crippen LogP contribution in [0.2, 0.25) is 0 Å². The van der Waals surface area contributed by atoms with Gasteiger partial charge >= 0.3 is 0 Å². The molecule has 5 rings (SSSR count). The van der Waals surface area contributed by atoms with Crippen LogP contribution in [0.4, 0.5) is 8.78 Å². The Hall–Kier alpha value is -3.76. The summed E-state index contributed by atoms with van der Waals surface area (Å²) in [7, 11) is -2.33. The van der Waals surface area contributed by atoms with Gasteiger partial charge in [-0.25, -0.2) is 27.2 Å². The molecule has 1 aromatic heterocycles. The number of carbonyl (C=O) groups is 1. The summed E-state index contributed by atoms with van der Waals surface area (Å²) in [5, 5.41) is -0.404. The molecule has 1 fully saturated rings. The lowest BCUT2D eigenvalue weighted by Gasteiger charge is -2.32. The summed E-state index contributed by atoms with van der Waals surface area (Å²) in [6, 6.07) is 13.6. The van der Waals surface area contributed by atoms with Crippen molar-refractivity contribution in [3.05, 3.63) is 83.4 Å². The second-order valence-corrected chi connectivity index (χ2v) is 11.0. The number of halogens is 2. The Bertz CT molecular complexity index is 1620. The summed E-state index contributed by atoms with van der Waals surface area (Å²) >= 11 is 0. The maximum atomic E-state index is 14.3. The molecule has 1 saturated heterocycles. The molecule has 2 heterocycles. The second kappa shape index (κ2) is 9.60. The number of sulfone groups is 1. The molecule has 1 aliphatic rings. The molecule has 0 unspecified atom stereocenters. The van der Waals surface area contributed by atoms with E-state index in [0.717, 1.165) is 19.2 Å². The maximum Gasteiger partial charge on any atom is 0.254 e. The lowest BCUT2D eigenvalue weighted by atomic mass is 10.1. The van der Waals surface area contributed by atoms with Crippen LogP contribution in [0.25, 0.3) is 22.3 Å². The number of fused-ring (bicyclic) bond motifs is 1. The van der Waals surface area contributed by atoms with Gasteiger partial charge in [0, 0.05) is 37.3 Å². The van der Waals surface area contributed by atoms with E-state index in [-0.39, 0.29) is 22.0 Å². The Labute approximate surface area is 213 Å². The molecule has 3 aromatic carbocycles. The molecule has 0 saturated carbocycles. The topological polar surface area (TPSA) is 83.5 Å². The van der Waals surface area contributed by atoms with Gasteiger partial charge in [-0.3, -0.25) is 4.79 Å². The van der Waals surface area contributed by atoms with Crippen LogP contribution in [0.1, 0.15) is 15.9 Å². The highest BCUT2D eigenvalue weighted by Gasteiger charge is 2.28. The first kappa shape index (κ1) is 24.9. The van der Waals surface area contributed by atoms with Crippen LogP contribution in [0.15, 0.2) is 70.6 Å². The largest absolute Gasteiger partial charge is 0.336 e. The van der Waals surface area contributed by atoms with E-state index in [2.05, 4.69) is 14.9 Å². The first-order valence-electron chi connectivity index (χ1n) is 11.7. The standard InChI is InChI=1S/C27H24F2N4O3S/c1-17-3-9-21(16-22(17)29)37(35,36)26-25(18-4-7-20(28)8-5-18)30-23-10-6-19(15-24(23)31-26)27(34)33-13-11-32(2)12-14-33/h3-10,15-16H,11-14H2,1-2H3. The van der Waals surface area contributed by atoms with Crippen LogP contribution in [0.5, 0.6) is 0 Å². The van der Waals surface area contributed by atoms with Crippen molar-refractivity contribution in [1.29, 1.82) is 0 Å². The van der Waals surface area contributed by atoms with E-state index in [1.807, 2.05) is 7.05 Å². The van der Waals surface area contributed by atoms with Gasteiger partial charge in [0.2, 0.25) is 9.84 Å². The minimum absolute atomic E-state index is 0.00614. The Kier molecular flexibility index (Phi) is 6.47. The van der Waals surface area contributed by atoms with Gasteiger partial charge in [-0.15, -0.1) is 0 Å². The van der Waals surface area contributed by atoms with Gasteiger partial charge in [0.1, 0.15) is 17.3 Å². The zero-order chi connectivity index (χ0) is 26.3. The second-order valence-electron chi connectivity index (χ2n) is 9.10. The van der Waals surface area contributed by atoms with E-state index in [9.17, 15) is 22.0 Å². The number of aryl methyl sites for hydroxylation is 1. The van der Waals surface area contributed by atoms with Gasteiger partial charge in [-0.2, -0.15) is 0 Å². The summed E-state index contributed by atoms with van der Waals surface area (Å²) in [6.07, 6.45) is 0. The molecule has 190 valence electrons. The molecule has 1 aliphatic heterocycles. The zero-order valence-corrected chi connectivity index (χ0v) is 21.1. The van der Waals surface area contributed by atoms with Gasteiger partial charge in [0.05, 0.1) is 15.9 Å². The van der Waals surface area contributed by atoms with Crippen LogP contribution >= 0.6 is 0 Å². The normalized spacial score (nSPS) is 14.8. The highest BCUT2D eigenvalue weighted by atomic mass is 32.2. The molecule has 0 bridgehead atoms. The average molecular weight is 523 g/mol. The number of aromatic nitrogens is 2. The number of rotatable bonds is 4. The first-order chi connectivity index (χ1) is 17.6. The number of nitrogens with zero attached hydrogens (tertiary/aromatic N) is 4. The number of benzene rings is 3. The van der Waals surface area contributed by atoms with Crippen molar-refractivity contribution in [2.45, 2.75) is 16.8 Å². The van der Waals surface area contributed by atoms with Crippen molar-refractivity contribution in [2.24, 2.45) is 0 Å². The molecular formula is C27H24F2N4O3S. The van der Waals surface area contributed by atoms with E-state index in [1.165, 1.54) is 49.4 Å². The summed E-state index contributed by atoms with van der Waals surface area (Å²) in [4.78, 5) is 25.7. The molecular weight excluding hydrogens is 498 g/mol. The average Bonchev–Trinajstić information content (AvgIpc) is 2.89. The Morgan fingerprint density at radius 3 is 2.24 bits per heavy atom. The van der Waals surface area contributed by atoms with E-state index in [0.29, 0.717) is 35.3 Å². The number of hydrogen-bond donors (Lipinski definition) is 0. The van der Waals surface area contributed by atoms with Crippen LogP contribution in [-0.2, 0) is 9.84 Å². The molecule has 0 spiro atoms. The predicted octanol–water partition coefficient (Wildman–Crippen LogP) is 4.10. The third-order valence-electron chi connectivity index (χ3n) is 6.50. The minimum Gasteiger partial charge on any atom is -0.336 e. The van der Waals surface area contributed by atoms with E-state index in [4.69, 9.17) is 0 Å². The first-order valence-corrected chi connectivity index (χ1v) is 13.2. The summed E-state index contributed by atoms with van der Waals surface area (Å²) < 4.78 is 55.3. The molecule has 0 aliphatic carbocycles. The van der Waals surface area contributed by atoms with Gasteiger partial charge in [0.25, 0.3) is 5.91 Å². The van der Waals surface area contributed by atoms with Crippen molar-refractivity contribution in [1.82, 2.24) is 19.8 Å². The Balaban J connectivity index is 1.66. The van der Waals surface area contributed by atoms with E-state index < -0.39 is 26.5 Å². The monoisotopic (exact) mass is 522 g/mol. The van der Waals surface area contributed by atoms with E-state index >= 15 is 0 Å². The molecule has 0 radical (unpaired) electrons. The number of piperazine rings is 1. The van der Waals surface area contributed by atoms with Crippen molar-refractivity contribution in [3.63, 3.8) is 0 Å². The smallest absolute Gasteiger partial charge is 0.254 e. The summed E-state index contributed by atoms with van der Waals surface area (Å²) in [5.74, 6) is -1.34. The number of carbonyl (C=O) groups excluding carboxylic acids is 1. The highest BCUT2D eigenvalue weighted by molar-refractivity contribution is 7.91. The van der Waals surface area contributed by atoms with Gasteiger partial charge in [0.15, 0.2) is 5.03 Å². The van der Waals surface area contributed by atoms with Crippen molar-refractivity contribution in [3.8, 4) is 11.3 Å². The Morgan fingerprint density at radius 1 is 0.865 bits per heavy atom. The lowest BCUT2D eigenvalue weighted by molar-refractivity contribution is 0.0664. The third-order valence-corrected chi connectivity index (χ3v) is 8.16. The predicted molar refractivity (Wildman–Crippen MR) is 135 cm³/mol. The molecule has 0 N–H and O–H groups in total. The molecule has 10 heteroatoms. The molecule has 7 nitrogen and oxygen atoms in total. The quantitative estimate of drug-likeness (QED) is 0.401. The fourth-order valence-corrected chi connectivity index (χ4v) is 5.56. The number of likely N-dealkylation sites (N-methyl/N-ethyl adjacent to an activating group) is 1. The van der Waals surface area contributed by atoms with Crippen LogP contribution in [0.3, 0.4) is 0 Å². The molecule has 4 aromatic rings. The fraction of sp³-hybridized carbons (Fsp3) is 0.222. The number of hydrogen-bond acceptors (Lipinski definition) is 6. The summed E-state index contributed by atoms with van der Waals surface area (Å²) in [5.41, 5.74) is 1.58. The van der Waals surface area contributed by atoms with Crippen LogP contribution in [-0.4, -0.2) is 67.3 Å². The maximum absolute atomic E-state index is 14.3. The minimum atomic E-state index is -4.33. The van der Waals surface area contributed by atoms with Crippen LogP contribution < -0.4 is 0 Å². The lowest BCUT2D eigenvalue weighted by Crippen LogP contribution is -2.47. The van der Waals surface area contributed by atoms with E-state index in [1.54, 1.807) is 17.0 Å². The fourth-order valence-electron chi connectivity index (χ4n) is 4.20. The molecule has 37 heavy (non-hydrogen) atoms. The van der Waals surface area contributed by atoms with Gasteiger partial charge in [-0.05, 0) is 74.1 Å². The highest BCUT2D eigenvalue weighted by Crippen LogP contribution is 2.31. The number of amides is 1. The summed E-state index contributed by atoms with van der Waals surface area (Å²) in [6.45, 7) is 4.22. The third kappa shape index (κ3) is 4.82. The Morgan fingerprint density at radius 2 is 1.57 bits per heavy atom. The van der Waals surface area contributed by atoms with Gasteiger partial charge < -0.3 is 9.80 Å². The van der Waals surface area contributed by atoms with Gasteiger partial charge in [-0.1, -0.05) is 6.07 Å². The zero-order valence-electron chi connectivity index (χ0n) is 20.3. The van der Waals surface area contributed by atoms with Crippen molar-refractivity contribution in [2.75, 3.05) is 33.2 Å².